The minimum absolute atomic E-state index is 0.358. The van der Waals surface area contributed by atoms with Crippen molar-refractivity contribution in [1.29, 1.82) is 0 Å². The first-order chi connectivity index (χ1) is 13.9. The van der Waals surface area contributed by atoms with E-state index in [0.29, 0.717) is 12.1 Å². The SMILES string of the molecule is CN=C(NCCCOC1CCCCC1)NCC(c1cccs1)N1CCOCC1. The Morgan fingerprint density at radius 2 is 2.11 bits per heavy atom. The third-order valence-corrected chi connectivity index (χ3v) is 6.54. The number of hydrogen-bond donors (Lipinski definition) is 2. The molecular formula is C21H36N4O2S. The number of ether oxygens (including phenoxy) is 2. The van der Waals surface area contributed by atoms with Gasteiger partial charge >= 0.3 is 0 Å². The van der Waals surface area contributed by atoms with E-state index in [0.717, 1.165) is 58.4 Å². The van der Waals surface area contributed by atoms with Crippen LogP contribution in [0.4, 0.5) is 0 Å². The summed E-state index contributed by atoms with van der Waals surface area (Å²) in [5.74, 6) is 0.868. The van der Waals surface area contributed by atoms with Crippen LogP contribution in [0.1, 0.15) is 49.4 Å². The highest BCUT2D eigenvalue weighted by atomic mass is 32.1. The molecule has 2 heterocycles. The monoisotopic (exact) mass is 408 g/mol. The lowest BCUT2D eigenvalue weighted by atomic mass is 9.98. The molecule has 1 aromatic rings. The van der Waals surface area contributed by atoms with E-state index in [1.54, 1.807) is 0 Å². The van der Waals surface area contributed by atoms with Gasteiger partial charge < -0.3 is 20.1 Å². The average molecular weight is 409 g/mol. The minimum atomic E-state index is 0.358. The third-order valence-electron chi connectivity index (χ3n) is 5.56. The number of thiophene rings is 1. The smallest absolute Gasteiger partial charge is 0.191 e. The van der Waals surface area contributed by atoms with Crippen molar-refractivity contribution in [2.24, 2.45) is 4.99 Å². The second-order valence-corrected chi connectivity index (χ2v) is 8.52. The number of nitrogens with zero attached hydrogens (tertiary/aromatic N) is 2. The number of rotatable bonds is 9. The topological polar surface area (TPSA) is 58.1 Å². The summed E-state index contributed by atoms with van der Waals surface area (Å²) in [5.41, 5.74) is 0. The van der Waals surface area contributed by atoms with Crippen LogP contribution >= 0.6 is 11.3 Å². The predicted molar refractivity (Wildman–Crippen MR) is 116 cm³/mol. The molecule has 1 saturated carbocycles. The molecule has 0 radical (unpaired) electrons. The Morgan fingerprint density at radius 3 is 2.82 bits per heavy atom. The summed E-state index contributed by atoms with van der Waals surface area (Å²) in [6.07, 6.45) is 8.01. The van der Waals surface area contributed by atoms with Gasteiger partial charge in [0.25, 0.3) is 0 Å². The van der Waals surface area contributed by atoms with Gasteiger partial charge in [-0.05, 0) is 30.7 Å². The van der Waals surface area contributed by atoms with Crippen LogP contribution in [0, 0.1) is 0 Å². The van der Waals surface area contributed by atoms with E-state index >= 15 is 0 Å². The molecule has 2 fully saturated rings. The van der Waals surface area contributed by atoms with Gasteiger partial charge in [0.1, 0.15) is 0 Å². The van der Waals surface area contributed by atoms with Gasteiger partial charge in [-0.2, -0.15) is 0 Å². The Balaban J connectivity index is 1.37. The van der Waals surface area contributed by atoms with E-state index in [9.17, 15) is 0 Å². The fourth-order valence-electron chi connectivity index (χ4n) is 3.95. The molecular weight excluding hydrogens is 372 g/mol. The zero-order chi connectivity index (χ0) is 19.4. The lowest BCUT2D eigenvalue weighted by Gasteiger charge is -2.34. The molecule has 1 saturated heterocycles. The van der Waals surface area contributed by atoms with Crippen molar-refractivity contribution in [2.45, 2.75) is 50.7 Å². The Kier molecular flexibility index (Phi) is 9.56. The van der Waals surface area contributed by atoms with E-state index in [1.807, 2.05) is 18.4 Å². The zero-order valence-corrected chi connectivity index (χ0v) is 18.0. The van der Waals surface area contributed by atoms with Crippen molar-refractivity contribution in [3.05, 3.63) is 22.4 Å². The first kappa shape index (κ1) is 21.6. The van der Waals surface area contributed by atoms with Crippen molar-refractivity contribution >= 4 is 17.3 Å². The van der Waals surface area contributed by atoms with Gasteiger partial charge in [0.15, 0.2) is 5.96 Å². The number of aliphatic imine (C=N–C) groups is 1. The molecule has 1 aliphatic heterocycles. The summed E-state index contributed by atoms with van der Waals surface area (Å²) >= 11 is 1.82. The molecule has 0 bridgehead atoms. The molecule has 28 heavy (non-hydrogen) atoms. The fraction of sp³-hybridized carbons (Fsp3) is 0.762. The third kappa shape index (κ3) is 7.03. The molecule has 1 unspecified atom stereocenters. The van der Waals surface area contributed by atoms with Gasteiger partial charge in [0.05, 0.1) is 25.4 Å². The van der Waals surface area contributed by atoms with E-state index < -0.39 is 0 Å². The fourth-order valence-corrected chi connectivity index (χ4v) is 4.82. The van der Waals surface area contributed by atoms with Crippen LogP contribution in [0.3, 0.4) is 0 Å². The highest BCUT2D eigenvalue weighted by molar-refractivity contribution is 7.10. The lowest BCUT2D eigenvalue weighted by Crippen LogP contribution is -2.46. The molecule has 1 aromatic heterocycles. The zero-order valence-electron chi connectivity index (χ0n) is 17.2. The molecule has 1 atom stereocenters. The van der Waals surface area contributed by atoms with Gasteiger partial charge in [-0.3, -0.25) is 9.89 Å². The van der Waals surface area contributed by atoms with Gasteiger partial charge in [-0.25, -0.2) is 0 Å². The summed E-state index contributed by atoms with van der Waals surface area (Å²) in [7, 11) is 1.84. The Bertz CT molecular complexity index is 555. The van der Waals surface area contributed by atoms with E-state index in [2.05, 4.69) is 38.0 Å². The molecule has 0 amide bonds. The molecule has 6 nitrogen and oxygen atoms in total. The highest BCUT2D eigenvalue weighted by Gasteiger charge is 2.23. The summed E-state index contributed by atoms with van der Waals surface area (Å²) < 4.78 is 11.5. The molecule has 0 aromatic carbocycles. The largest absolute Gasteiger partial charge is 0.379 e. The Morgan fingerprint density at radius 1 is 1.29 bits per heavy atom. The lowest BCUT2D eigenvalue weighted by molar-refractivity contribution is 0.0177. The van der Waals surface area contributed by atoms with Crippen LogP contribution in [-0.4, -0.2) is 70.0 Å². The van der Waals surface area contributed by atoms with Gasteiger partial charge in [-0.1, -0.05) is 25.3 Å². The molecule has 158 valence electrons. The first-order valence-electron chi connectivity index (χ1n) is 10.8. The molecule has 2 aliphatic rings. The maximum Gasteiger partial charge on any atom is 0.191 e. The number of morpholine rings is 1. The number of hydrogen-bond acceptors (Lipinski definition) is 5. The van der Waals surface area contributed by atoms with Gasteiger partial charge in [0.2, 0.25) is 0 Å². The molecule has 3 rings (SSSR count). The molecule has 2 N–H and O–H groups in total. The van der Waals surface area contributed by atoms with Crippen molar-refractivity contribution in [3.8, 4) is 0 Å². The minimum Gasteiger partial charge on any atom is -0.379 e. The number of guanidine groups is 1. The quantitative estimate of drug-likeness (QED) is 0.374. The maximum absolute atomic E-state index is 6.01. The van der Waals surface area contributed by atoms with Crippen LogP contribution in [0.2, 0.25) is 0 Å². The van der Waals surface area contributed by atoms with E-state index in [4.69, 9.17) is 9.47 Å². The van der Waals surface area contributed by atoms with Crippen molar-refractivity contribution in [3.63, 3.8) is 0 Å². The second-order valence-electron chi connectivity index (χ2n) is 7.54. The predicted octanol–water partition coefficient (Wildman–Crippen LogP) is 3.03. The first-order valence-corrected chi connectivity index (χ1v) is 11.7. The van der Waals surface area contributed by atoms with Gasteiger partial charge in [-0.15, -0.1) is 11.3 Å². The van der Waals surface area contributed by atoms with Crippen molar-refractivity contribution in [1.82, 2.24) is 15.5 Å². The highest BCUT2D eigenvalue weighted by Crippen LogP contribution is 2.25. The summed E-state index contributed by atoms with van der Waals surface area (Å²) in [6, 6.07) is 4.72. The maximum atomic E-state index is 6.01. The summed E-state index contributed by atoms with van der Waals surface area (Å²) in [6.45, 7) is 6.15. The summed E-state index contributed by atoms with van der Waals surface area (Å²) in [4.78, 5) is 8.29. The van der Waals surface area contributed by atoms with Crippen LogP contribution in [0.15, 0.2) is 22.5 Å². The standard InChI is InChI=1S/C21H36N4O2S/c1-22-21(23-10-6-13-27-18-7-3-2-4-8-18)24-17-19(20-9-5-16-28-20)25-11-14-26-15-12-25/h5,9,16,18-19H,2-4,6-8,10-15,17H2,1H3,(H2,22,23,24). The van der Waals surface area contributed by atoms with Crippen LogP contribution in [-0.2, 0) is 9.47 Å². The summed E-state index contributed by atoms with van der Waals surface area (Å²) in [5, 5.41) is 9.10. The molecule has 7 heteroatoms. The van der Waals surface area contributed by atoms with Gasteiger partial charge in [0, 0.05) is 44.7 Å². The van der Waals surface area contributed by atoms with Crippen LogP contribution in [0.25, 0.3) is 0 Å². The van der Waals surface area contributed by atoms with Crippen LogP contribution < -0.4 is 10.6 Å². The molecule has 0 spiro atoms. The van der Waals surface area contributed by atoms with E-state index in [1.165, 1.54) is 37.0 Å². The van der Waals surface area contributed by atoms with Crippen molar-refractivity contribution in [2.75, 3.05) is 53.0 Å². The Hall–Kier alpha value is -1.15. The normalized spacial score (nSPS) is 20.8. The molecule has 1 aliphatic carbocycles. The van der Waals surface area contributed by atoms with Crippen LogP contribution in [0.5, 0.6) is 0 Å². The van der Waals surface area contributed by atoms with Crippen molar-refractivity contribution < 1.29 is 9.47 Å². The Labute approximate surface area is 173 Å². The van der Waals surface area contributed by atoms with E-state index in [-0.39, 0.29) is 0 Å². The second kappa shape index (κ2) is 12.4. The average Bonchev–Trinajstić information content (AvgIpc) is 3.28. The number of nitrogens with one attached hydrogen (secondary N) is 2.